The number of nitrogens with zero attached hydrogens (tertiary/aromatic N) is 1. The molecule has 74 valence electrons. The van der Waals surface area contributed by atoms with E-state index in [0.29, 0.717) is 0 Å². The molecule has 3 rings (SSSR count). The van der Waals surface area contributed by atoms with E-state index in [4.69, 9.17) is 0 Å². The summed E-state index contributed by atoms with van der Waals surface area (Å²) in [5.41, 5.74) is -0.631. The van der Waals surface area contributed by atoms with E-state index >= 15 is 0 Å². The molecular weight excluding hydrogens is 198 g/mol. The molecule has 4 heteroatoms. The Bertz CT molecular complexity index is 357. The van der Waals surface area contributed by atoms with Crippen LogP contribution in [0.1, 0.15) is 19.3 Å². The highest BCUT2D eigenvalue weighted by atomic mass is 32.2. The molecule has 2 fully saturated rings. The van der Waals surface area contributed by atoms with E-state index in [0.717, 1.165) is 36.6 Å². The largest absolute Gasteiger partial charge is 0.305 e. The molecule has 1 amide bonds. The van der Waals surface area contributed by atoms with E-state index in [1.807, 2.05) is 0 Å². The second-order valence-electron chi connectivity index (χ2n) is 4.09. The number of ketones is 1. The maximum Gasteiger partial charge on any atom is 0.241 e. The van der Waals surface area contributed by atoms with Crippen molar-refractivity contribution in [2.75, 3.05) is 12.3 Å². The van der Waals surface area contributed by atoms with Gasteiger partial charge in [-0.3, -0.25) is 9.59 Å². The predicted molar refractivity (Wildman–Crippen MR) is 53.5 cm³/mol. The van der Waals surface area contributed by atoms with Gasteiger partial charge in [0, 0.05) is 18.4 Å². The summed E-state index contributed by atoms with van der Waals surface area (Å²) >= 11 is 1.61. The second-order valence-corrected chi connectivity index (χ2v) is 5.20. The molecule has 14 heavy (non-hydrogen) atoms. The van der Waals surface area contributed by atoms with Gasteiger partial charge in [0.25, 0.3) is 0 Å². The van der Waals surface area contributed by atoms with Crippen LogP contribution in [-0.2, 0) is 9.59 Å². The third-order valence-electron chi connectivity index (χ3n) is 3.42. The standard InChI is InChI=1S/C10H11NO2S/c12-7-6-8-11(4-5-14-8)9(13)10(7)2-1-3-10/h6H,1-5H2. The van der Waals surface area contributed by atoms with Gasteiger partial charge in [0.15, 0.2) is 5.78 Å². The first kappa shape index (κ1) is 8.53. The fraction of sp³-hybridized carbons (Fsp3) is 0.600. The van der Waals surface area contributed by atoms with Crippen LogP contribution < -0.4 is 0 Å². The van der Waals surface area contributed by atoms with E-state index in [2.05, 4.69) is 0 Å². The van der Waals surface area contributed by atoms with E-state index in [1.165, 1.54) is 0 Å². The van der Waals surface area contributed by atoms with Crippen LogP contribution in [0.5, 0.6) is 0 Å². The van der Waals surface area contributed by atoms with Crippen LogP contribution in [0.15, 0.2) is 11.1 Å². The smallest absolute Gasteiger partial charge is 0.241 e. The van der Waals surface area contributed by atoms with Crippen molar-refractivity contribution >= 4 is 23.5 Å². The maximum absolute atomic E-state index is 12.1. The molecule has 2 heterocycles. The number of amides is 1. The van der Waals surface area contributed by atoms with Crippen LogP contribution in [-0.4, -0.2) is 28.9 Å². The van der Waals surface area contributed by atoms with Crippen molar-refractivity contribution in [1.29, 1.82) is 0 Å². The van der Waals surface area contributed by atoms with Crippen LogP contribution in [0.2, 0.25) is 0 Å². The number of carbonyl (C=O) groups excluding carboxylic acids is 2. The van der Waals surface area contributed by atoms with Crippen LogP contribution in [0, 0.1) is 5.41 Å². The number of carbonyl (C=O) groups is 2. The first-order valence-corrected chi connectivity index (χ1v) is 5.93. The molecule has 3 aliphatic rings. The van der Waals surface area contributed by atoms with Gasteiger partial charge in [0.05, 0.1) is 5.03 Å². The lowest BCUT2D eigenvalue weighted by molar-refractivity contribution is -0.153. The maximum atomic E-state index is 12.1. The van der Waals surface area contributed by atoms with Crippen molar-refractivity contribution in [3.05, 3.63) is 11.1 Å². The van der Waals surface area contributed by atoms with Crippen LogP contribution in [0.25, 0.3) is 0 Å². The Hall–Kier alpha value is -0.770. The van der Waals surface area contributed by atoms with E-state index in [9.17, 15) is 9.59 Å². The summed E-state index contributed by atoms with van der Waals surface area (Å²) in [5, 5.41) is 0.873. The summed E-state index contributed by atoms with van der Waals surface area (Å²) < 4.78 is 0. The zero-order chi connectivity index (χ0) is 9.76. The fourth-order valence-corrected chi connectivity index (χ4v) is 3.36. The van der Waals surface area contributed by atoms with Crippen molar-refractivity contribution in [2.45, 2.75) is 19.3 Å². The highest BCUT2D eigenvalue weighted by Gasteiger charge is 2.55. The molecule has 3 nitrogen and oxygen atoms in total. The minimum absolute atomic E-state index is 0.0504. The zero-order valence-corrected chi connectivity index (χ0v) is 8.60. The van der Waals surface area contributed by atoms with Crippen molar-refractivity contribution < 1.29 is 9.59 Å². The van der Waals surface area contributed by atoms with Gasteiger partial charge in [0.2, 0.25) is 5.91 Å². The third-order valence-corrected chi connectivity index (χ3v) is 4.44. The minimum atomic E-state index is -0.631. The zero-order valence-electron chi connectivity index (χ0n) is 7.78. The summed E-state index contributed by atoms with van der Waals surface area (Å²) in [6.45, 7) is 0.782. The second kappa shape index (κ2) is 2.63. The summed E-state index contributed by atoms with van der Waals surface area (Å²) in [7, 11) is 0. The average Bonchev–Trinajstić information content (AvgIpc) is 2.49. The van der Waals surface area contributed by atoms with Gasteiger partial charge in [-0.1, -0.05) is 6.42 Å². The molecule has 0 bridgehead atoms. The monoisotopic (exact) mass is 209 g/mol. The Morgan fingerprint density at radius 2 is 2.14 bits per heavy atom. The van der Waals surface area contributed by atoms with E-state index in [-0.39, 0.29) is 11.7 Å². The molecule has 2 aliphatic heterocycles. The molecule has 0 N–H and O–H groups in total. The van der Waals surface area contributed by atoms with Gasteiger partial charge >= 0.3 is 0 Å². The number of hydrogen-bond donors (Lipinski definition) is 0. The number of fused-ring (bicyclic) bond motifs is 1. The lowest BCUT2D eigenvalue weighted by atomic mass is 9.64. The minimum Gasteiger partial charge on any atom is -0.305 e. The number of thioether (sulfide) groups is 1. The Kier molecular flexibility index (Phi) is 1.60. The van der Waals surface area contributed by atoms with Crippen molar-refractivity contribution in [1.82, 2.24) is 4.90 Å². The average molecular weight is 209 g/mol. The SMILES string of the molecule is O=C1C=C2SCCN2C(=O)C12CCC2. The van der Waals surface area contributed by atoms with Crippen LogP contribution in [0.4, 0.5) is 0 Å². The lowest BCUT2D eigenvalue weighted by Crippen LogP contribution is -2.53. The number of rotatable bonds is 0. The third kappa shape index (κ3) is 0.848. The molecular formula is C10H11NO2S. The van der Waals surface area contributed by atoms with Gasteiger partial charge in [-0.05, 0) is 12.8 Å². The first-order chi connectivity index (χ1) is 6.74. The molecule has 0 aromatic carbocycles. The van der Waals surface area contributed by atoms with E-state index < -0.39 is 5.41 Å². The fourth-order valence-electron chi connectivity index (χ4n) is 2.36. The number of allylic oxidation sites excluding steroid dienone is 1. The molecule has 1 aliphatic carbocycles. The first-order valence-electron chi connectivity index (χ1n) is 4.95. The summed E-state index contributed by atoms with van der Waals surface area (Å²) in [4.78, 5) is 25.7. The Labute approximate surface area is 86.5 Å². The molecule has 0 aromatic heterocycles. The molecule has 0 unspecified atom stereocenters. The summed E-state index contributed by atoms with van der Waals surface area (Å²) in [6.07, 6.45) is 4.21. The molecule has 0 atom stereocenters. The van der Waals surface area contributed by atoms with E-state index in [1.54, 1.807) is 22.7 Å². The summed E-state index contributed by atoms with van der Waals surface area (Å²) in [5.74, 6) is 1.05. The molecule has 1 spiro atoms. The Morgan fingerprint density at radius 3 is 2.79 bits per heavy atom. The van der Waals surface area contributed by atoms with Crippen LogP contribution in [0.3, 0.4) is 0 Å². The molecule has 0 radical (unpaired) electrons. The van der Waals surface area contributed by atoms with Gasteiger partial charge in [-0.25, -0.2) is 0 Å². The van der Waals surface area contributed by atoms with Gasteiger partial charge in [0.1, 0.15) is 5.41 Å². The van der Waals surface area contributed by atoms with Crippen molar-refractivity contribution in [3.63, 3.8) is 0 Å². The normalized spacial score (nSPS) is 28.9. The Balaban J connectivity index is 2.05. The van der Waals surface area contributed by atoms with Crippen molar-refractivity contribution in [3.8, 4) is 0 Å². The van der Waals surface area contributed by atoms with Gasteiger partial charge < -0.3 is 4.90 Å². The van der Waals surface area contributed by atoms with Crippen molar-refractivity contribution in [2.24, 2.45) is 5.41 Å². The topological polar surface area (TPSA) is 37.4 Å². The highest BCUT2D eigenvalue weighted by Crippen LogP contribution is 2.49. The molecule has 1 saturated carbocycles. The molecule has 1 saturated heterocycles. The highest BCUT2D eigenvalue weighted by molar-refractivity contribution is 8.03. The Morgan fingerprint density at radius 1 is 1.36 bits per heavy atom. The van der Waals surface area contributed by atoms with Gasteiger partial charge in [-0.2, -0.15) is 0 Å². The van der Waals surface area contributed by atoms with Gasteiger partial charge in [-0.15, -0.1) is 11.8 Å². The quantitative estimate of drug-likeness (QED) is 0.562. The number of hydrogen-bond acceptors (Lipinski definition) is 3. The van der Waals surface area contributed by atoms with Crippen LogP contribution >= 0.6 is 11.8 Å². The summed E-state index contributed by atoms with van der Waals surface area (Å²) in [6, 6.07) is 0. The molecule has 0 aromatic rings. The predicted octanol–water partition coefficient (Wildman–Crippen LogP) is 1.16. The lowest BCUT2D eigenvalue weighted by Gasteiger charge is -2.43.